The first-order chi connectivity index (χ1) is 15.5. The highest BCUT2D eigenvalue weighted by atomic mass is 35.5. The summed E-state index contributed by atoms with van der Waals surface area (Å²) in [4.78, 5) is 38.2. The molecule has 0 aliphatic carbocycles. The fourth-order valence-corrected chi connectivity index (χ4v) is 4.18. The standard InChI is InChI=1S/C24H19ClN2O4S/c25-18-8-11-21(20(14-18)26-22(28)15-27-12-13-32-24(27)30)31-19-9-6-17(7-10-19)23(29)16-4-2-1-3-5-16/h1-11,14H,12-13,15H2,(H,26,28). The lowest BCUT2D eigenvalue weighted by atomic mass is 10.0. The Kier molecular flexibility index (Phi) is 6.78. The van der Waals surface area contributed by atoms with Crippen molar-refractivity contribution in [3.05, 3.63) is 88.9 Å². The number of carbonyl (C=O) groups excluding carboxylic acids is 3. The summed E-state index contributed by atoms with van der Waals surface area (Å²) in [7, 11) is 0. The molecule has 3 aromatic rings. The molecule has 0 aromatic heterocycles. The minimum atomic E-state index is -0.336. The van der Waals surface area contributed by atoms with Gasteiger partial charge in [0.1, 0.15) is 12.3 Å². The molecule has 1 heterocycles. The molecule has 1 fully saturated rings. The largest absolute Gasteiger partial charge is 0.455 e. The molecule has 32 heavy (non-hydrogen) atoms. The van der Waals surface area contributed by atoms with Crippen LogP contribution in [0.5, 0.6) is 11.5 Å². The predicted molar refractivity (Wildman–Crippen MR) is 126 cm³/mol. The first kappa shape index (κ1) is 21.9. The van der Waals surface area contributed by atoms with Gasteiger partial charge in [-0.2, -0.15) is 0 Å². The van der Waals surface area contributed by atoms with E-state index in [0.29, 0.717) is 45.6 Å². The van der Waals surface area contributed by atoms with E-state index in [1.54, 1.807) is 54.6 Å². The SMILES string of the molecule is O=C(CN1CCSC1=O)Nc1cc(Cl)ccc1Oc1ccc(C(=O)c2ccccc2)cc1. The smallest absolute Gasteiger partial charge is 0.282 e. The zero-order valence-corrected chi connectivity index (χ0v) is 18.5. The van der Waals surface area contributed by atoms with Crippen LogP contribution in [0.2, 0.25) is 5.02 Å². The van der Waals surface area contributed by atoms with Crippen LogP contribution in [0.15, 0.2) is 72.8 Å². The zero-order chi connectivity index (χ0) is 22.5. The van der Waals surface area contributed by atoms with Gasteiger partial charge in [-0.05, 0) is 42.5 Å². The fraction of sp³-hybridized carbons (Fsp3) is 0.125. The van der Waals surface area contributed by atoms with Crippen molar-refractivity contribution in [2.45, 2.75) is 0 Å². The van der Waals surface area contributed by atoms with Crippen LogP contribution in [-0.4, -0.2) is 40.7 Å². The summed E-state index contributed by atoms with van der Waals surface area (Å²) in [5.41, 5.74) is 1.55. The van der Waals surface area contributed by atoms with Crippen molar-refractivity contribution in [2.75, 3.05) is 24.2 Å². The minimum Gasteiger partial charge on any atom is -0.455 e. The van der Waals surface area contributed by atoms with Gasteiger partial charge in [0.2, 0.25) is 5.91 Å². The van der Waals surface area contributed by atoms with Gasteiger partial charge in [0.05, 0.1) is 5.69 Å². The first-order valence-electron chi connectivity index (χ1n) is 9.88. The van der Waals surface area contributed by atoms with E-state index in [-0.39, 0.29) is 23.5 Å². The molecular weight excluding hydrogens is 448 g/mol. The van der Waals surface area contributed by atoms with E-state index < -0.39 is 0 Å². The lowest BCUT2D eigenvalue weighted by molar-refractivity contribution is -0.116. The van der Waals surface area contributed by atoms with E-state index in [0.717, 1.165) is 0 Å². The second-order valence-electron chi connectivity index (χ2n) is 7.05. The Morgan fingerprint density at radius 2 is 1.72 bits per heavy atom. The average Bonchev–Trinajstić information content (AvgIpc) is 3.20. The maximum absolute atomic E-state index is 12.6. The number of thioether (sulfide) groups is 1. The number of hydrogen-bond donors (Lipinski definition) is 1. The molecule has 3 aromatic carbocycles. The predicted octanol–water partition coefficient (Wildman–Crippen LogP) is 5.47. The number of carbonyl (C=O) groups is 3. The molecule has 8 heteroatoms. The summed E-state index contributed by atoms with van der Waals surface area (Å²) < 4.78 is 5.93. The second kappa shape index (κ2) is 9.89. The van der Waals surface area contributed by atoms with Crippen LogP contribution in [0.4, 0.5) is 10.5 Å². The van der Waals surface area contributed by atoms with Crippen molar-refractivity contribution < 1.29 is 19.1 Å². The highest BCUT2D eigenvalue weighted by Crippen LogP contribution is 2.32. The van der Waals surface area contributed by atoms with Gasteiger partial charge in [0.25, 0.3) is 5.24 Å². The Bertz CT molecular complexity index is 1150. The van der Waals surface area contributed by atoms with E-state index in [2.05, 4.69) is 5.32 Å². The van der Waals surface area contributed by atoms with E-state index in [1.165, 1.54) is 16.7 Å². The van der Waals surface area contributed by atoms with Gasteiger partial charge in [0.15, 0.2) is 11.5 Å². The van der Waals surface area contributed by atoms with Gasteiger partial charge in [-0.15, -0.1) is 0 Å². The summed E-state index contributed by atoms with van der Waals surface area (Å²) in [5, 5.41) is 3.10. The number of amides is 2. The molecule has 162 valence electrons. The third-order valence-corrected chi connectivity index (χ3v) is 5.90. The lowest BCUT2D eigenvalue weighted by Gasteiger charge is -2.16. The maximum atomic E-state index is 12.6. The molecule has 6 nitrogen and oxygen atoms in total. The number of anilines is 1. The first-order valence-corrected chi connectivity index (χ1v) is 11.2. The molecule has 0 unspecified atom stereocenters. The van der Waals surface area contributed by atoms with Crippen LogP contribution < -0.4 is 10.1 Å². The number of ether oxygens (including phenoxy) is 1. The quantitative estimate of drug-likeness (QED) is 0.467. The normalized spacial score (nSPS) is 13.2. The van der Waals surface area contributed by atoms with Crippen molar-refractivity contribution in [3.8, 4) is 11.5 Å². The Balaban J connectivity index is 1.46. The van der Waals surface area contributed by atoms with Crippen molar-refractivity contribution >= 4 is 46.0 Å². The van der Waals surface area contributed by atoms with Crippen LogP contribution in [0, 0.1) is 0 Å². The van der Waals surface area contributed by atoms with Gasteiger partial charge < -0.3 is 15.0 Å². The zero-order valence-electron chi connectivity index (χ0n) is 16.9. The van der Waals surface area contributed by atoms with Crippen molar-refractivity contribution in [3.63, 3.8) is 0 Å². The highest BCUT2D eigenvalue weighted by Gasteiger charge is 2.23. The van der Waals surface area contributed by atoms with Crippen molar-refractivity contribution in [1.29, 1.82) is 0 Å². The van der Waals surface area contributed by atoms with Crippen LogP contribution >= 0.6 is 23.4 Å². The van der Waals surface area contributed by atoms with Crippen LogP contribution in [0.25, 0.3) is 0 Å². The molecular formula is C24H19ClN2O4S. The Morgan fingerprint density at radius 1 is 1.00 bits per heavy atom. The summed E-state index contributed by atoms with van der Waals surface area (Å²) >= 11 is 7.30. The monoisotopic (exact) mass is 466 g/mol. The van der Waals surface area contributed by atoms with Gasteiger partial charge in [-0.3, -0.25) is 14.4 Å². The third-order valence-electron chi connectivity index (χ3n) is 4.78. The van der Waals surface area contributed by atoms with Gasteiger partial charge >= 0.3 is 0 Å². The molecule has 0 radical (unpaired) electrons. The molecule has 0 bridgehead atoms. The van der Waals surface area contributed by atoms with Gasteiger partial charge in [0, 0.05) is 28.4 Å². The summed E-state index contributed by atoms with van der Waals surface area (Å²) in [5.74, 6) is 1.16. The maximum Gasteiger partial charge on any atom is 0.282 e. The summed E-state index contributed by atoms with van der Waals surface area (Å²) in [6.45, 7) is 0.512. The molecule has 4 rings (SSSR count). The van der Waals surface area contributed by atoms with Gasteiger partial charge in [-0.1, -0.05) is 53.7 Å². The summed E-state index contributed by atoms with van der Waals surface area (Å²) in [6, 6.07) is 20.7. The number of hydrogen-bond acceptors (Lipinski definition) is 5. The van der Waals surface area contributed by atoms with Crippen LogP contribution in [-0.2, 0) is 4.79 Å². The third kappa shape index (κ3) is 5.30. The number of nitrogens with zero attached hydrogens (tertiary/aromatic N) is 1. The Morgan fingerprint density at radius 3 is 2.41 bits per heavy atom. The van der Waals surface area contributed by atoms with E-state index in [4.69, 9.17) is 16.3 Å². The van der Waals surface area contributed by atoms with Crippen LogP contribution in [0.1, 0.15) is 15.9 Å². The number of ketones is 1. The molecule has 0 atom stereocenters. The Hall–Kier alpha value is -3.29. The fourth-order valence-electron chi connectivity index (χ4n) is 3.18. The second-order valence-corrected chi connectivity index (χ2v) is 8.53. The Labute approximate surface area is 194 Å². The molecule has 0 saturated carbocycles. The van der Waals surface area contributed by atoms with Gasteiger partial charge in [-0.25, -0.2) is 0 Å². The van der Waals surface area contributed by atoms with Crippen LogP contribution in [0.3, 0.4) is 0 Å². The number of benzene rings is 3. The lowest BCUT2D eigenvalue weighted by Crippen LogP contribution is -2.33. The van der Waals surface area contributed by atoms with E-state index >= 15 is 0 Å². The number of rotatable bonds is 7. The minimum absolute atomic E-state index is 0.0336. The highest BCUT2D eigenvalue weighted by molar-refractivity contribution is 8.13. The topological polar surface area (TPSA) is 75.7 Å². The molecule has 1 saturated heterocycles. The molecule has 1 N–H and O–H groups in total. The number of halogens is 1. The average molecular weight is 467 g/mol. The van der Waals surface area contributed by atoms with Crippen molar-refractivity contribution in [1.82, 2.24) is 4.90 Å². The number of nitrogens with one attached hydrogen (secondary N) is 1. The summed E-state index contributed by atoms with van der Waals surface area (Å²) in [6.07, 6.45) is 0. The van der Waals surface area contributed by atoms with E-state index in [9.17, 15) is 14.4 Å². The van der Waals surface area contributed by atoms with Crippen molar-refractivity contribution in [2.24, 2.45) is 0 Å². The molecule has 2 amide bonds. The molecule has 0 spiro atoms. The molecule has 1 aliphatic heterocycles. The molecule has 1 aliphatic rings. The van der Waals surface area contributed by atoms with E-state index in [1.807, 2.05) is 18.2 Å².